The van der Waals surface area contributed by atoms with Crippen LogP contribution in [0.15, 0.2) is 24.5 Å². The normalized spacial score (nSPS) is 21.0. The molecular weight excluding hydrogens is 290 g/mol. The molecule has 2 unspecified atom stereocenters. The molecule has 0 aliphatic carbocycles. The van der Waals surface area contributed by atoms with E-state index in [1.807, 2.05) is 0 Å². The lowest BCUT2D eigenvalue weighted by atomic mass is 9.99. The van der Waals surface area contributed by atoms with Gasteiger partial charge >= 0.3 is 0 Å². The molecule has 2 atom stereocenters. The van der Waals surface area contributed by atoms with E-state index in [1.165, 1.54) is 12.4 Å². The third kappa shape index (κ3) is 3.15. The van der Waals surface area contributed by atoms with E-state index in [1.54, 1.807) is 0 Å². The molecule has 1 aromatic heterocycles. The number of nitrogens with one attached hydrogen (secondary N) is 1. The molecule has 1 aliphatic rings. The van der Waals surface area contributed by atoms with E-state index in [-0.39, 0.29) is 18.2 Å². The van der Waals surface area contributed by atoms with Gasteiger partial charge in [0.15, 0.2) is 0 Å². The Balaban J connectivity index is 1.75. The van der Waals surface area contributed by atoms with Crippen LogP contribution in [-0.2, 0) is 0 Å². The van der Waals surface area contributed by atoms with Crippen LogP contribution in [0.4, 0.5) is 8.78 Å². The van der Waals surface area contributed by atoms with Crippen LogP contribution in [0, 0.1) is 11.6 Å². The molecule has 2 N–H and O–H groups in total. The zero-order chi connectivity index (χ0) is 15.5. The van der Waals surface area contributed by atoms with Gasteiger partial charge in [-0.05, 0) is 25.5 Å². The summed E-state index contributed by atoms with van der Waals surface area (Å²) < 4.78 is 26.7. The summed E-state index contributed by atoms with van der Waals surface area (Å²) in [7, 11) is 0. The number of H-pyrrole nitrogens is 1. The number of aromatic nitrogens is 3. The Hall–Kier alpha value is -1.86. The lowest BCUT2D eigenvalue weighted by molar-refractivity contribution is 0.0619. The number of nitrogens with zero attached hydrogens (tertiary/aromatic N) is 3. The van der Waals surface area contributed by atoms with Gasteiger partial charge in [-0.15, -0.1) is 0 Å². The van der Waals surface area contributed by atoms with Gasteiger partial charge < -0.3 is 5.11 Å². The summed E-state index contributed by atoms with van der Waals surface area (Å²) in [5.41, 5.74) is 0.114. The molecule has 0 bridgehead atoms. The number of rotatable bonds is 4. The Morgan fingerprint density at radius 2 is 2.23 bits per heavy atom. The molecule has 118 valence electrons. The summed E-state index contributed by atoms with van der Waals surface area (Å²) >= 11 is 0. The van der Waals surface area contributed by atoms with Crippen molar-refractivity contribution in [1.82, 2.24) is 20.1 Å². The van der Waals surface area contributed by atoms with Gasteiger partial charge in [0.05, 0.1) is 12.1 Å². The molecule has 0 amide bonds. The number of aliphatic hydroxyl groups is 1. The summed E-state index contributed by atoms with van der Waals surface area (Å²) in [4.78, 5) is 6.25. The lowest BCUT2D eigenvalue weighted by Gasteiger charge is -2.35. The first-order valence-corrected chi connectivity index (χ1v) is 7.37. The highest BCUT2D eigenvalue weighted by Gasteiger charge is 2.28. The SMILES string of the molecule is OC(CN1CCCCC1c1ncn[nH]1)c1ccc(F)cc1F. The fourth-order valence-corrected chi connectivity index (χ4v) is 2.99. The largest absolute Gasteiger partial charge is 0.387 e. The molecule has 0 radical (unpaired) electrons. The molecule has 7 heteroatoms. The number of aromatic amines is 1. The smallest absolute Gasteiger partial charge is 0.141 e. The van der Waals surface area contributed by atoms with Gasteiger partial charge in [0.2, 0.25) is 0 Å². The molecule has 0 spiro atoms. The van der Waals surface area contributed by atoms with Gasteiger partial charge in [-0.2, -0.15) is 5.10 Å². The topological polar surface area (TPSA) is 65.0 Å². The van der Waals surface area contributed by atoms with Crippen LogP contribution in [-0.4, -0.2) is 38.3 Å². The van der Waals surface area contributed by atoms with E-state index < -0.39 is 17.7 Å². The average Bonchev–Trinajstić information content (AvgIpc) is 3.01. The molecule has 1 aromatic carbocycles. The van der Waals surface area contributed by atoms with Crippen molar-refractivity contribution in [2.24, 2.45) is 0 Å². The predicted octanol–water partition coefficient (Wildman–Crippen LogP) is 2.34. The highest BCUT2D eigenvalue weighted by molar-refractivity contribution is 5.21. The molecule has 2 aromatic rings. The van der Waals surface area contributed by atoms with Crippen molar-refractivity contribution in [3.8, 4) is 0 Å². The number of benzene rings is 1. The van der Waals surface area contributed by atoms with Gasteiger partial charge in [0.25, 0.3) is 0 Å². The van der Waals surface area contributed by atoms with Crippen molar-refractivity contribution in [1.29, 1.82) is 0 Å². The molecule has 5 nitrogen and oxygen atoms in total. The van der Waals surface area contributed by atoms with Crippen molar-refractivity contribution in [3.05, 3.63) is 47.5 Å². The predicted molar refractivity (Wildman–Crippen MR) is 75.9 cm³/mol. The number of likely N-dealkylation sites (tertiary alicyclic amines) is 1. The Morgan fingerprint density at radius 3 is 2.95 bits per heavy atom. The molecule has 3 rings (SSSR count). The number of halogens is 2. The average molecular weight is 308 g/mol. The van der Waals surface area contributed by atoms with E-state index in [0.29, 0.717) is 0 Å². The van der Waals surface area contributed by atoms with Crippen LogP contribution < -0.4 is 0 Å². The van der Waals surface area contributed by atoms with Crippen molar-refractivity contribution < 1.29 is 13.9 Å². The highest BCUT2D eigenvalue weighted by Crippen LogP contribution is 2.30. The van der Waals surface area contributed by atoms with Gasteiger partial charge in [0, 0.05) is 18.2 Å². The van der Waals surface area contributed by atoms with Crippen LogP contribution >= 0.6 is 0 Å². The summed E-state index contributed by atoms with van der Waals surface area (Å²) in [6.07, 6.45) is 3.45. The Labute approximate surface area is 127 Å². The van der Waals surface area contributed by atoms with Crippen LogP contribution in [0.5, 0.6) is 0 Å². The third-order valence-corrected chi connectivity index (χ3v) is 4.09. The Morgan fingerprint density at radius 1 is 1.36 bits per heavy atom. The minimum absolute atomic E-state index is 0.0365. The van der Waals surface area contributed by atoms with Gasteiger partial charge in [-0.25, -0.2) is 13.8 Å². The summed E-state index contributed by atoms with van der Waals surface area (Å²) in [5.74, 6) is -0.613. The maximum atomic E-state index is 13.8. The molecule has 1 aliphatic heterocycles. The van der Waals surface area contributed by atoms with Crippen molar-refractivity contribution >= 4 is 0 Å². The minimum Gasteiger partial charge on any atom is -0.387 e. The van der Waals surface area contributed by atoms with Gasteiger partial charge in [0.1, 0.15) is 23.8 Å². The standard InChI is InChI=1S/C15H18F2N4O/c16-10-4-5-11(12(17)7-10)14(22)8-21-6-2-1-3-13(21)15-18-9-19-20-15/h4-5,7,9,13-14,22H,1-3,6,8H2,(H,18,19,20). The number of piperidine rings is 1. The molecule has 1 saturated heterocycles. The zero-order valence-corrected chi connectivity index (χ0v) is 12.0. The molecule has 22 heavy (non-hydrogen) atoms. The first kappa shape index (κ1) is 15.1. The quantitative estimate of drug-likeness (QED) is 0.910. The van der Waals surface area contributed by atoms with E-state index in [9.17, 15) is 13.9 Å². The van der Waals surface area contributed by atoms with E-state index in [0.717, 1.165) is 43.8 Å². The van der Waals surface area contributed by atoms with Crippen molar-refractivity contribution in [2.75, 3.05) is 13.1 Å². The van der Waals surface area contributed by atoms with E-state index in [2.05, 4.69) is 20.1 Å². The maximum absolute atomic E-state index is 13.8. The van der Waals surface area contributed by atoms with Crippen LogP contribution in [0.25, 0.3) is 0 Å². The van der Waals surface area contributed by atoms with E-state index in [4.69, 9.17) is 0 Å². The minimum atomic E-state index is -1.01. The van der Waals surface area contributed by atoms with Gasteiger partial charge in [-0.1, -0.05) is 12.5 Å². The fourth-order valence-electron chi connectivity index (χ4n) is 2.99. The number of hydrogen-bond acceptors (Lipinski definition) is 4. The van der Waals surface area contributed by atoms with E-state index >= 15 is 0 Å². The first-order valence-electron chi connectivity index (χ1n) is 7.37. The fraction of sp³-hybridized carbons (Fsp3) is 0.467. The first-order chi connectivity index (χ1) is 10.6. The lowest BCUT2D eigenvalue weighted by Crippen LogP contribution is -2.37. The number of β-amino-alcohol motifs (C(OH)–C–C–N with tert-alkyl or cyclic N) is 1. The van der Waals surface area contributed by atoms with Crippen LogP contribution in [0.2, 0.25) is 0 Å². The van der Waals surface area contributed by atoms with Crippen LogP contribution in [0.3, 0.4) is 0 Å². The zero-order valence-electron chi connectivity index (χ0n) is 12.0. The molecule has 2 heterocycles. The molecule has 0 saturated carbocycles. The van der Waals surface area contributed by atoms with Crippen molar-refractivity contribution in [3.63, 3.8) is 0 Å². The maximum Gasteiger partial charge on any atom is 0.141 e. The summed E-state index contributed by atoms with van der Waals surface area (Å²) in [5, 5.41) is 17.0. The second-order valence-corrected chi connectivity index (χ2v) is 5.56. The summed E-state index contributed by atoms with van der Waals surface area (Å²) in [6, 6.07) is 3.28. The van der Waals surface area contributed by atoms with Crippen molar-refractivity contribution in [2.45, 2.75) is 31.4 Å². The number of aliphatic hydroxyl groups excluding tert-OH is 1. The van der Waals surface area contributed by atoms with Gasteiger partial charge in [-0.3, -0.25) is 10.00 Å². The third-order valence-electron chi connectivity index (χ3n) is 4.09. The highest BCUT2D eigenvalue weighted by atomic mass is 19.1. The molecular formula is C15H18F2N4O. The summed E-state index contributed by atoms with van der Waals surface area (Å²) in [6.45, 7) is 1.07. The monoisotopic (exact) mass is 308 g/mol. The van der Waals surface area contributed by atoms with Crippen LogP contribution in [0.1, 0.15) is 42.8 Å². The molecule has 1 fully saturated rings. The Bertz CT molecular complexity index is 620. The Kier molecular flexibility index (Phi) is 4.44. The second kappa shape index (κ2) is 6.50. The second-order valence-electron chi connectivity index (χ2n) is 5.56. The number of hydrogen-bond donors (Lipinski definition) is 2.